The third kappa shape index (κ3) is 3.36. The second kappa shape index (κ2) is 6.21. The van der Waals surface area contributed by atoms with Crippen molar-refractivity contribution >= 4 is 23.3 Å². The Morgan fingerprint density at radius 3 is 3.05 bits per heavy atom. The zero-order valence-electron chi connectivity index (χ0n) is 11.2. The molecule has 0 radical (unpaired) electrons. The van der Waals surface area contributed by atoms with Gasteiger partial charge in [-0.25, -0.2) is 4.98 Å². The van der Waals surface area contributed by atoms with Gasteiger partial charge in [-0.3, -0.25) is 4.79 Å². The molecule has 1 atom stereocenters. The number of carbonyl (C=O) groups excluding carboxylic acids is 1. The lowest BCUT2D eigenvalue weighted by Gasteiger charge is -2.19. The zero-order chi connectivity index (χ0) is 13.8. The molecule has 1 aliphatic heterocycles. The number of pyridine rings is 1. The van der Waals surface area contributed by atoms with E-state index < -0.39 is 0 Å². The lowest BCUT2D eigenvalue weighted by atomic mass is 10.2. The SMILES string of the molecule is CNc1cc(C(=O)NCC2CCCN2C)c(Cl)cn1. The van der Waals surface area contributed by atoms with Crippen LogP contribution in [0.25, 0.3) is 0 Å². The van der Waals surface area contributed by atoms with Crippen LogP contribution in [-0.2, 0) is 0 Å². The molecule has 2 rings (SSSR count). The number of amides is 1. The van der Waals surface area contributed by atoms with E-state index in [1.165, 1.54) is 12.6 Å². The number of aromatic nitrogens is 1. The number of likely N-dealkylation sites (N-methyl/N-ethyl adjacent to an activating group) is 1. The number of hydrogen-bond acceptors (Lipinski definition) is 4. The molecule has 1 saturated heterocycles. The first-order valence-corrected chi connectivity index (χ1v) is 6.81. The highest BCUT2D eigenvalue weighted by Gasteiger charge is 2.21. The number of nitrogens with zero attached hydrogens (tertiary/aromatic N) is 2. The van der Waals surface area contributed by atoms with Crippen LogP contribution < -0.4 is 10.6 Å². The second-order valence-corrected chi connectivity index (χ2v) is 5.19. The maximum Gasteiger partial charge on any atom is 0.253 e. The third-order valence-electron chi connectivity index (χ3n) is 3.53. The van der Waals surface area contributed by atoms with Crippen molar-refractivity contribution in [2.45, 2.75) is 18.9 Å². The summed E-state index contributed by atoms with van der Waals surface area (Å²) in [6, 6.07) is 2.09. The molecule has 0 aliphatic carbocycles. The van der Waals surface area contributed by atoms with E-state index in [2.05, 4.69) is 27.6 Å². The van der Waals surface area contributed by atoms with Crippen molar-refractivity contribution < 1.29 is 4.79 Å². The molecule has 5 nitrogen and oxygen atoms in total. The molecule has 0 saturated carbocycles. The summed E-state index contributed by atoms with van der Waals surface area (Å²) in [5.41, 5.74) is 0.460. The molecule has 0 bridgehead atoms. The molecule has 1 aliphatic rings. The standard InChI is InChI=1S/C13H19ClN4O/c1-15-12-6-10(11(14)8-16-12)13(19)17-7-9-4-3-5-18(9)2/h6,8-9H,3-5,7H2,1-2H3,(H,15,16)(H,17,19). The molecule has 6 heteroatoms. The summed E-state index contributed by atoms with van der Waals surface area (Å²) in [4.78, 5) is 18.5. The Morgan fingerprint density at radius 2 is 2.42 bits per heavy atom. The van der Waals surface area contributed by atoms with Gasteiger partial charge in [-0.1, -0.05) is 11.6 Å². The van der Waals surface area contributed by atoms with Gasteiger partial charge in [-0.15, -0.1) is 0 Å². The van der Waals surface area contributed by atoms with Gasteiger partial charge in [-0.2, -0.15) is 0 Å². The number of rotatable bonds is 4. The van der Waals surface area contributed by atoms with Gasteiger partial charge in [0.1, 0.15) is 5.82 Å². The summed E-state index contributed by atoms with van der Waals surface area (Å²) in [5.74, 6) is 0.483. The van der Waals surface area contributed by atoms with E-state index in [-0.39, 0.29) is 5.91 Å². The average Bonchev–Trinajstić information content (AvgIpc) is 2.82. The molecule has 19 heavy (non-hydrogen) atoms. The molecule has 1 amide bonds. The van der Waals surface area contributed by atoms with Crippen molar-refractivity contribution in [1.82, 2.24) is 15.2 Å². The predicted octanol–water partition coefficient (Wildman–Crippen LogP) is 1.60. The van der Waals surface area contributed by atoms with E-state index in [9.17, 15) is 4.79 Å². The fraction of sp³-hybridized carbons (Fsp3) is 0.538. The van der Waals surface area contributed by atoms with Crippen LogP contribution in [0.2, 0.25) is 5.02 Å². The molecule has 0 aromatic carbocycles. The van der Waals surface area contributed by atoms with Crippen molar-refractivity contribution in [3.63, 3.8) is 0 Å². The summed E-state index contributed by atoms with van der Waals surface area (Å²) < 4.78 is 0. The van der Waals surface area contributed by atoms with Gasteiger partial charge in [0, 0.05) is 25.8 Å². The van der Waals surface area contributed by atoms with Crippen LogP contribution in [0.4, 0.5) is 5.82 Å². The molecule has 104 valence electrons. The Morgan fingerprint density at radius 1 is 1.63 bits per heavy atom. The molecule has 2 N–H and O–H groups in total. The summed E-state index contributed by atoms with van der Waals surface area (Å²) in [6.07, 6.45) is 3.81. The average molecular weight is 283 g/mol. The Labute approximate surface area is 118 Å². The van der Waals surface area contributed by atoms with Gasteiger partial charge in [0.2, 0.25) is 0 Å². The molecule has 2 heterocycles. The van der Waals surface area contributed by atoms with Crippen molar-refractivity contribution in [3.05, 3.63) is 22.8 Å². The molecule has 1 fully saturated rings. The lowest BCUT2D eigenvalue weighted by molar-refractivity contribution is 0.0944. The molecule has 1 aromatic heterocycles. The number of hydrogen-bond donors (Lipinski definition) is 2. The largest absolute Gasteiger partial charge is 0.373 e. The minimum absolute atomic E-state index is 0.149. The van der Waals surface area contributed by atoms with Crippen LogP contribution in [0.5, 0.6) is 0 Å². The highest BCUT2D eigenvalue weighted by Crippen LogP contribution is 2.18. The highest BCUT2D eigenvalue weighted by atomic mass is 35.5. The summed E-state index contributed by atoms with van der Waals surface area (Å²) in [7, 11) is 3.84. The molecular formula is C13H19ClN4O. The number of carbonyl (C=O) groups is 1. The fourth-order valence-electron chi connectivity index (χ4n) is 2.29. The summed E-state index contributed by atoms with van der Waals surface area (Å²) >= 11 is 6.01. The second-order valence-electron chi connectivity index (χ2n) is 4.79. The van der Waals surface area contributed by atoms with Crippen LogP contribution in [0.15, 0.2) is 12.3 Å². The van der Waals surface area contributed by atoms with E-state index in [0.717, 1.165) is 13.0 Å². The van der Waals surface area contributed by atoms with Gasteiger partial charge >= 0.3 is 0 Å². The van der Waals surface area contributed by atoms with Gasteiger partial charge in [0.15, 0.2) is 0 Å². The molecular weight excluding hydrogens is 264 g/mol. The quantitative estimate of drug-likeness (QED) is 0.881. The Balaban J connectivity index is 1.99. The maximum absolute atomic E-state index is 12.1. The van der Waals surface area contributed by atoms with E-state index in [1.807, 2.05) is 0 Å². The normalized spacial score (nSPS) is 19.4. The summed E-state index contributed by atoms with van der Waals surface area (Å²) in [6.45, 7) is 1.75. The zero-order valence-corrected chi connectivity index (χ0v) is 12.0. The van der Waals surface area contributed by atoms with Crippen LogP contribution >= 0.6 is 11.6 Å². The number of nitrogens with one attached hydrogen (secondary N) is 2. The van der Waals surface area contributed by atoms with Crippen molar-refractivity contribution in [2.75, 3.05) is 32.5 Å². The predicted molar refractivity (Wildman–Crippen MR) is 76.8 cm³/mol. The number of likely N-dealkylation sites (tertiary alicyclic amines) is 1. The van der Waals surface area contributed by atoms with Crippen molar-refractivity contribution in [2.24, 2.45) is 0 Å². The van der Waals surface area contributed by atoms with E-state index in [4.69, 9.17) is 11.6 Å². The van der Waals surface area contributed by atoms with Crippen molar-refractivity contribution in [3.8, 4) is 0 Å². The smallest absolute Gasteiger partial charge is 0.253 e. The van der Waals surface area contributed by atoms with Gasteiger partial charge in [0.05, 0.1) is 10.6 Å². The van der Waals surface area contributed by atoms with Crippen LogP contribution in [0.3, 0.4) is 0 Å². The first-order valence-electron chi connectivity index (χ1n) is 6.43. The molecule has 0 spiro atoms. The highest BCUT2D eigenvalue weighted by molar-refractivity contribution is 6.33. The van der Waals surface area contributed by atoms with Gasteiger partial charge in [-0.05, 0) is 32.5 Å². The minimum atomic E-state index is -0.149. The summed E-state index contributed by atoms with van der Waals surface area (Å²) in [5, 5.41) is 6.21. The van der Waals surface area contributed by atoms with Gasteiger partial charge in [0.25, 0.3) is 5.91 Å². The fourth-order valence-corrected chi connectivity index (χ4v) is 2.48. The molecule has 1 unspecified atom stereocenters. The first kappa shape index (κ1) is 14.1. The van der Waals surface area contributed by atoms with E-state index in [1.54, 1.807) is 13.1 Å². The number of halogens is 1. The topological polar surface area (TPSA) is 57.3 Å². The van der Waals surface area contributed by atoms with Crippen LogP contribution in [0, 0.1) is 0 Å². The van der Waals surface area contributed by atoms with E-state index in [0.29, 0.717) is 29.0 Å². The lowest BCUT2D eigenvalue weighted by Crippen LogP contribution is -2.38. The van der Waals surface area contributed by atoms with Crippen LogP contribution in [-0.4, -0.2) is 49.0 Å². The monoisotopic (exact) mass is 282 g/mol. The Kier molecular flexibility index (Phi) is 4.61. The minimum Gasteiger partial charge on any atom is -0.373 e. The van der Waals surface area contributed by atoms with E-state index >= 15 is 0 Å². The maximum atomic E-state index is 12.1. The Bertz CT molecular complexity index is 466. The van der Waals surface area contributed by atoms with Crippen LogP contribution in [0.1, 0.15) is 23.2 Å². The first-order chi connectivity index (χ1) is 9.11. The van der Waals surface area contributed by atoms with Crippen molar-refractivity contribution in [1.29, 1.82) is 0 Å². The third-order valence-corrected chi connectivity index (χ3v) is 3.83. The van der Waals surface area contributed by atoms with Gasteiger partial charge < -0.3 is 15.5 Å². The molecule has 1 aromatic rings. The number of anilines is 1. The Hall–Kier alpha value is -1.33.